The summed E-state index contributed by atoms with van der Waals surface area (Å²) in [6, 6.07) is 12.6. The number of esters is 1. The Morgan fingerprint density at radius 3 is 2.48 bits per heavy atom. The number of allylic oxidation sites excluding steroid dienone is 1. The van der Waals surface area contributed by atoms with E-state index in [1.165, 1.54) is 36.2 Å². The lowest BCUT2D eigenvalue weighted by Crippen LogP contribution is -2.46. The minimum Gasteiger partial charge on any atom is -0.496 e. The number of anilines is 1. The smallest absolute Gasteiger partial charge is 0.472 e. The first kappa shape index (κ1) is 42.0. The van der Waals surface area contributed by atoms with E-state index in [0.717, 1.165) is 23.5 Å². The number of nitrogens with zero attached hydrogens (tertiary/aromatic N) is 5. The molecule has 2 bridgehead atoms. The summed E-state index contributed by atoms with van der Waals surface area (Å²) in [5.74, 6) is -1.70. The van der Waals surface area contributed by atoms with E-state index in [-0.39, 0.29) is 34.0 Å². The number of phosphoric acid groups is 1. The summed E-state index contributed by atoms with van der Waals surface area (Å²) in [7, 11) is -3.87. The first-order chi connectivity index (χ1) is 28.7. The van der Waals surface area contributed by atoms with Crippen LogP contribution in [0.1, 0.15) is 28.6 Å². The average Bonchev–Trinajstić information content (AvgIpc) is 3.89. The van der Waals surface area contributed by atoms with Gasteiger partial charge in [-0.1, -0.05) is 24.3 Å². The predicted octanol–water partition coefficient (Wildman–Crippen LogP) is 4.21. The molecular weight excluding hydrogens is 860 g/mol. The van der Waals surface area contributed by atoms with Crippen LogP contribution in [0.3, 0.4) is 0 Å². The van der Waals surface area contributed by atoms with Crippen LogP contribution in [0.25, 0.3) is 11.2 Å². The van der Waals surface area contributed by atoms with Gasteiger partial charge < -0.3 is 29.6 Å². The molecule has 2 unspecified atom stereocenters. The topological polar surface area (TPSA) is 252 Å². The Bertz CT molecular complexity index is 2430. The highest BCUT2D eigenvalue weighted by molar-refractivity contribution is 8.54. The number of phosphoric ester groups is 1. The van der Waals surface area contributed by atoms with Gasteiger partial charge in [0, 0.05) is 12.0 Å². The van der Waals surface area contributed by atoms with Gasteiger partial charge in [0.15, 0.2) is 42.0 Å². The maximum absolute atomic E-state index is 16.7. The Labute approximate surface area is 342 Å². The molecule has 0 spiro atoms. The third-order valence-corrected chi connectivity index (χ3v) is 14.3. The highest BCUT2D eigenvalue weighted by Gasteiger charge is 2.56. The minimum atomic E-state index is -5.29. The van der Waals surface area contributed by atoms with E-state index in [1.807, 2.05) is 0 Å². The van der Waals surface area contributed by atoms with Crippen molar-refractivity contribution in [2.45, 2.75) is 61.4 Å². The monoisotopic (exact) mass is 894 g/mol. The van der Waals surface area contributed by atoms with Crippen LogP contribution in [0.5, 0.6) is 11.5 Å². The van der Waals surface area contributed by atoms with Gasteiger partial charge in [-0.05, 0) is 47.3 Å². The predicted molar refractivity (Wildman–Crippen MR) is 202 cm³/mol. The van der Waals surface area contributed by atoms with E-state index in [4.69, 9.17) is 42.8 Å². The van der Waals surface area contributed by atoms with Crippen LogP contribution in [-0.2, 0) is 52.0 Å². The number of amides is 1. The summed E-state index contributed by atoms with van der Waals surface area (Å²) < 4.78 is 107. The molecule has 6 heterocycles. The van der Waals surface area contributed by atoms with Crippen LogP contribution in [0.15, 0.2) is 73.5 Å². The van der Waals surface area contributed by atoms with Gasteiger partial charge in [0.05, 0.1) is 33.1 Å². The van der Waals surface area contributed by atoms with Gasteiger partial charge in [0.25, 0.3) is 0 Å². The van der Waals surface area contributed by atoms with Gasteiger partial charge in [-0.2, -0.15) is 0 Å². The fourth-order valence-electron chi connectivity index (χ4n) is 6.72. The number of rotatable bonds is 8. The van der Waals surface area contributed by atoms with E-state index in [0.29, 0.717) is 22.7 Å². The highest BCUT2D eigenvalue weighted by atomic mass is 32.7. The number of benzene rings is 2. The molecule has 3 saturated heterocycles. The summed E-state index contributed by atoms with van der Waals surface area (Å²) in [6.45, 7) is -6.44. The molecule has 25 heteroatoms. The number of carbonyl (C=O) groups excluding carboxylic acids is 3. The molecule has 318 valence electrons. The third kappa shape index (κ3) is 8.60. The number of para-hydroxylation sites is 1. The molecule has 2 aromatic carbocycles. The zero-order chi connectivity index (χ0) is 42.3. The molecule has 8 rings (SSSR count). The average molecular weight is 895 g/mol. The molecule has 20 nitrogen and oxygen atoms in total. The standard InChI is InChI=1S/C35H34F2N6O14P2S/c1-50-22-5-3-2-4-21(22)35(46)53-20-8-6-18(7-9-20)15-60-59(49)52-13-23-26(36)30(34(54-23)42-11-10-19(44)12-25(42)45)56-58(47,48)51-14-24-29(57-59)27(37)33(55-24)43-17-41-28-31(38)39-16-40-32(28)43/h2-11,16-17,23-24,26-27,29-30,33-34H,12-15H2,1H3,(H,47,48)(H2,38,39,40)/t23-,24-,26-,27-,29-,30-,33-,34-,59?/m1/s1. The first-order valence-electron chi connectivity index (χ1n) is 17.9. The molecule has 4 aliphatic heterocycles. The maximum atomic E-state index is 16.7. The number of methoxy groups -OCH3 is 1. The largest absolute Gasteiger partial charge is 0.496 e. The van der Waals surface area contributed by atoms with Crippen LogP contribution >= 0.6 is 26.0 Å². The number of ether oxygens (including phenoxy) is 4. The van der Waals surface area contributed by atoms with Crippen molar-refractivity contribution in [3.63, 3.8) is 0 Å². The minimum absolute atomic E-state index is 0.0146. The van der Waals surface area contributed by atoms with E-state index >= 15 is 8.78 Å². The van der Waals surface area contributed by atoms with E-state index < -0.39 is 101 Å². The van der Waals surface area contributed by atoms with Gasteiger partial charge in [0.1, 0.15) is 53.3 Å². The Morgan fingerprint density at radius 2 is 1.72 bits per heavy atom. The Morgan fingerprint density at radius 1 is 0.967 bits per heavy atom. The summed E-state index contributed by atoms with van der Waals surface area (Å²) in [6.07, 6.45) is -11.2. The Kier molecular flexibility index (Phi) is 11.9. The van der Waals surface area contributed by atoms with Crippen LogP contribution in [0, 0.1) is 0 Å². The number of fused-ring (bicyclic) bond motifs is 4. The fourth-order valence-corrected chi connectivity index (χ4v) is 11.0. The molecular formula is C35H34F2N6O14P2S. The van der Waals surface area contributed by atoms with Crippen molar-refractivity contribution >= 4 is 60.6 Å². The number of nitrogens with two attached hydrogens (primary N) is 1. The maximum Gasteiger partial charge on any atom is 0.472 e. The van der Waals surface area contributed by atoms with Crippen LogP contribution in [0.4, 0.5) is 14.6 Å². The molecule has 0 aliphatic carbocycles. The lowest BCUT2D eigenvalue weighted by Gasteiger charge is -2.31. The third-order valence-electron chi connectivity index (χ3n) is 9.66. The first-order valence-corrected chi connectivity index (χ1v) is 22.6. The van der Waals surface area contributed by atoms with Crippen molar-refractivity contribution in [2.75, 3.05) is 26.1 Å². The van der Waals surface area contributed by atoms with Gasteiger partial charge in [-0.3, -0.25) is 37.2 Å². The number of carbonyl (C=O) groups is 3. The number of halogens is 2. The quantitative estimate of drug-likeness (QED) is 0.109. The summed E-state index contributed by atoms with van der Waals surface area (Å²) in [5, 5.41) is 0. The number of hydrogen-bond acceptors (Lipinski definition) is 18. The Balaban J connectivity index is 1.07. The Hall–Kier alpha value is -4.67. The molecule has 1 amide bonds. The summed E-state index contributed by atoms with van der Waals surface area (Å²) in [4.78, 5) is 61.3. The molecule has 4 aliphatic rings. The van der Waals surface area contributed by atoms with Crippen LogP contribution < -0.4 is 15.2 Å². The van der Waals surface area contributed by atoms with Crippen LogP contribution in [0.2, 0.25) is 0 Å². The number of hydrogen-bond donors (Lipinski definition) is 2. The number of nitrogen functional groups attached to an aromatic ring is 1. The molecule has 2 aromatic heterocycles. The summed E-state index contributed by atoms with van der Waals surface area (Å²) in [5.41, 5.74) is 6.79. The van der Waals surface area contributed by atoms with Crippen molar-refractivity contribution in [1.82, 2.24) is 24.4 Å². The molecule has 60 heavy (non-hydrogen) atoms. The zero-order valence-electron chi connectivity index (χ0n) is 31.0. The van der Waals surface area contributed by atoms with Gasteiger partial charge in [-0.15, -0.1) is 0 Å². The number of imidazole rings is 1. The molecule has 3 N–H and O–H groups in total. The molecule has 0 saturated carbocycles. The summed E-state index contributed by atoms with van der Waals surface area (Å²) >= 11 is 0.582. The van der Waals surface area contributed by atoms with Crippen molar-refractivity contribution in [1.29, 1.82) is 0 Å². The second-order valence-corrected chi connectivity index (χ2v) is 18.9. The van der Waals surface area contributed by atoms with Gasteiger partial charge >= 0.3 is 20.6 Å². The lowest BCUT2D eigenvalue weighted by molar-refractivity contribution is -0.148. The molecule has 0 radical (unpaired) electrons. The van der Waals surface area contributed by atoms with Crippen molar-refractivity contribution in [2.24, 2.45) is 0 Å². The number of ketones is 1. The second kappa shape index (κ2) is 17.0. The van der Waals surface area contributed by atoms with Gasteiger partial charge in [0.2, 0.25) is 5.91 Å². The normalized spacial score (nSPS) is 32.2. The zero-order valence-corrected chi connectivity index (χ0v) is 33.6. The van der Waals surface area contributed by atoms with Crippen molar-refractivity contribution in [3.05, 3.63) is 84.6 Å². The van der Waals surface area contributed by atoms with E-state index in [1.54, 1.807) is 30.3 Å². The van der Waals surface area contributed by atoms with E-state index in [2.05, 4.69) is 15.0 Å². The molecule has 10 atom stereocenters. The van der Waals surface area contributed by atoms with E-state index in [9.17, 15) is 28.4 Å². The fraction of sp³-hybridized carbons (Fsp3) is 0.371. The van der Waals surface area contributed by atoms with Crippen LogP contribution in [-0.4, -0.2) is 110 Å². The van der Waals surface area contributed by atoms with Crippen molar-refractivity contribution < 1.29 is 74.2 Å². The van der Waals surface area contributed by atoms with Crippen molar-refractivity contribution in [3.8, 4) is 11.5 Å². The lowest BCUT2D eigenvalue weighted by atomic mass is 10.1. The highest BCUT2D eigenvalue weighted by Crippen LogP contribution is 2.64. The van der Waals surface area contributed by atoms with Gasteiger partial charge in [-0.25, -0.2) is 37.7 Å². The molecule has 3 fully saturated rings. The second-order valence-electron chi connectivity index (χ2n) is 13.5. The number of aromatic nitrogens is 4. The SMILES string of the molecule is COc1ccccc1C(=O)Oc1ccc(CSP2(=O)OC[C@H]3O[C@@H](N4C=CC(=O)CC4=O)[C@H](OP(=O)(O)OC[C@H]4O[C@@H](n5cnc6c(N)ncnc65)[C@H](F)[C@@H]4O2)[C@@H]3F)cc1. The molecule has 4 aromatic rings. The number of alkyl halides is 2.